The third-order valence-corrected chi connectivity index (χ3v) is 3.24. The van der Waals surface area contributed by atoms with Gasteiger partial charge in [-0.2, -0.15) is 0 Å². The molecule has 0 saturated carbocycles. The number of benzene rings is 2. The van der Waals surface area contributed by atoms with Crippen molar-refractivity contribution in [1.29, 1.82) is 0 Å². The maximum Gasteiger partial charge on any atom is 0.248 e. The Bertz CT molecular complexity index is 722. The van der Waals surface area contributed by atoms with E-state index in [9.17, 15) is 14.7 Å². The fraction of sp³-hybridized carbons (Fsp3) is 0.125. The molecule has 0 bridgehead atoms. The second kappa shape index (κ2) is 5.66. The third kappa shape index (κ3) is 2.58. The quantitative estimate of drug-likeness (QED) is 0.843. The highest BCUT2D eigenvalue weighted by atomic mass is 16.5. The van der Waals surface area contributed by atoms with E-state index < -0.39 is 5.91 Å². The van der Waals surface area contributed by atoms with Gasteiger partial charge in [-0.1, -0.05) is 12.1 Å². The van der Waals surface area contributed by atoms with Crippen LogP contribution in [0, 0.1) is 6.92 Å². The number of primary amides is 1. The van der Waals surface area contributed by atoms with Crippen molar-refractivity contribution in [2.75, 3.05) is 7.11 Å². The van der Waals surface area contributed by atoms with Gasteiger partial charge in [0.1, 0.15) is 0 Å². The largest absolute Gasteiger partial charge is 0.504 e. The zero-order valence-electron chi connectivity index (χ0n) is 11.7. The van der Waals surface area contributed by atoms with Crippen molar-refractivity contribution in [1.82, 2.24) is 0 Å². The summed E-state index contributed by atoms with van der Waals surface area (Å²) in [6, 6.07) is 8.03. The lowest BCUT2D eigenvalue weighted by Gasteiger charge is -2.14. The number of rotatable bonds is 4. The van der Waals surface area contributed by atoms with E-state index >= 15 is 0 Å². The van der Waals surface area contributed by atoms with Gasteiger partial charge in [0.25, 0.3) is 0 Å². The number of aryl methyl sites for hydroxylation is 1. The summed E-state index contributed by atoms with van der Waals surface area (Å²) in [5.74, 6) is -0.427. The third-order valence-electron chi connectivity index (χ3n) is 3.24. The number of hydrogen-bond donors (Lipinski definition) is 2. The van der Waals surface area contributed by atoms with Gasteiger partial charge in [0, 0.05) is 16.7 Å². The molecular weight excluding hydrogens is 270 g/mol. The molecule has 0 aliphatic rings. The molecular formula is C16H15NO4. The number of phenolic OH excluding ortho intramolecular Hbond substituents is 1. The molecule has 108 valence electrons. The summed E-state index contributed by atoms with van der Waals surface area (Å²) in [6.07, 6.45) is 0.651. The number of ether oxygens (including phenoxy) is 1. The van der Waals surface area contributed by atoms with Crippen molar-refractivity contribution in [2.24, 2.45) is 5.73 Å². The molecule has 0 fully saturated rings. The summed E-state index contributed by atoms with van der Waals surface area (Å²) in [6.45, 7) is 1.73. The fourth-order valence-corrected chi connectivity index (χ4v) is 2.29. The Balaban J connectivity index is 2.76. The second-order valence-corrected chi connectivity index (χ2v) is 4.60. The standard InChI is InChI=1S/C16H15NO4/c1-9-6-12(8-18)13(14(19)15(9)21-2)10-4-3-5-11(7-10)16(17)20/h3-8,19H,1-2H3,(H2,17,20). The first-order valence-electron chi connectivity index (χ1n) is 6.25. The van der Waals surface area contributed by atoms with Crippen LogP contribution < -0.4 is 10.5 Å². The van der Waals surface area contributed by atoms with Crippen molar-refractivity contribution < 1.29 is 19.4 Å². The van der Waals surface area contributed by atoms with Gasteiger partial charge >= 0.3 is 0 Å². The van der Waals surface area contributed by atoms with Crippen LogP contribution in [0.5, 0.6) is 11.5 Å². The van der Waals surface area contributed by atoms with E-state index in [4.69, 9.17) is 10.5 Å². The van der Waals surface area contributed by atoms with Gasteiger partial charge in [-0.15, -0.1) is 0 Å². The molecule has 2 rings (SSSR count). The lowest BCUT2D eigenvalue weighted by Crippen LogP contribution is -2.10. The first-order chi connectivity index (χ1) is 9.99. The lowest BCUT2D eigenvalue weighted by atomic mass is 9.95. The van der Waals surface area contributed by atoms with E-state index in [-0.39, 0.29) is 5.75 Å². The number of amides is 1. The molecule has 0 atom stereocenters. The van der Waals surface area contributed by atoms with Crippen LogP contribution in [0.4, 0.5) is 0 Å². The maximum absolute atomic E-state index is 11.3. The SMILES string of the molecule is COc1c(C)cc(C=O)c(-c2cccc(C(N)=O)c2)c1O. The number of hydrogen-bond acceptors (Lipinski definition) is 4. The second-order valence-electron chi connectivity index (χ2n) is 4.60. The molecule has 0 radical (unpaired) electrons. The van der Waals surface area contributed by atoms with Gasteiger partial charge in [0.15, 0.2) is 17.8 Å². The van der Waals surface area contributed by atoms with E-state index in [0.29, 0.717) is 39.9 Å². The van der Waals surface area contributed by atoms with Gasteiger partial charge in [-0.05, 0) is 36.2 Å². The van der Waals surface area contributed by atoms with Crippen molar-refractivity contribution in [3.8, 4) is 22.6 Å². The van der Waals surface area contributed by atoms with Gasteiger partial charge in [0.05, 0.1) is 7.11 Å². The predicted molar refractivity (Wildman–Crippen MR) is 78.7 cm³/mol. The van der Waals surface area contributed by atoms with Gasteiger partial charge in [-0.25, -0.2) is 0 Å². The van der Waals surface area contributed by atoms with Gasteiger partial charge in [0.2, 0.25) is 5.91 Å². The molecule has 2 aromatic rings. The molecule has 3 N–H and O–H groups in total. The van der Waals surface area contributed by atoms with E-state index in [1.54, 1.807) is 31.2 Å². The Hall–Kier alpha value is -2.82. The minimum Gasteiger partial charge on any atom is -0.504 e. The first kappa shape index (κ1) is 14.6. The fourth-order valence-electron chi connectivity index (χ4n) is 2.29. The number of aldehydes is 1. The summed E-state index contributed by atoms with van der Waals surface area (Å²) >= 11 is 0. The van der Waals surface area contributed by atoms with E-state index in [1.807, 2.05) is 0 Å². The van der Waals surface area contributed by atoms with Crippen LogP contribution >= 0.6 is 0 Å². The van der Waals surface area contributed by atoms with Gasteiger partial charge < -0.3 is 15.6 Å². The van der Waals surface area contributed by atoms with Crippen LogP contribution in [0.25, 0.3) is 11.1 Å². The van der Waals surface area contributed by atoms with E-state index in [2.05, 4.69) is 0 Å². The number of methoxy groups -OCH3 is 1. The molecule has 5 nitrogen and oxygen atoms in total. The molecule has 1 amide bonds. The summed E-state index contributed by atoms with van der Waals surface area (Å²) in [4.78, 5) is 22.5. The Morgan fingerprint density at radius 3 is 2.62 bits per heavy atom. The van der Waals surface area contributed by atoms with Crippen molar-refractivity contribution in [2.45, 2.75) is 6.92 Å². The molecule has 0 aliphatic carbocycles. The number of aromatic hydroxyl groups is 1. The minimum absolute atomic E-state index is 0.138. The molecule has 0 spiro atoms. The number of carbonyl (C=O) groups is 2. The Morgan fingerprint density at radius 2 is 2.05 bits per heavy atom. The number of nitrogens with two attached hydrogens (primary N) is 1. The predicted octanol–water partition coefficient (Wildman–Crippen LogP) is 2.29. The van der Waals surface area contributed by atoms with Crippen LogP contribution in [-0.4, -0.2) is 24.4 Å². The summed E-state index contributed by atoms with van der Waals surface area (Å²) in [7, 11) is 1.44. The van der Waals surface area contributed by atoms with Crippen LogP contribution in [0.15, 0.2) is 30.3 Å². The van der Waals surface area contributed by atoms with E-state index in [1.165, 1.54) is 13.2 Å². The molecule has 0 saturated heterocycles. The highest BCUT2D eigenvalue weighted by Gasteiger charge is 2.18. The zero-order valence-corrected chi connectivity index (χ0v) is 11.7. The lowest BCUT2D eigenvalue weighted by molar-refractivity contribution is 0.1000. The summed E-state index contributed by atoms with van der Waals surface area (Å²) in [5, 5.41) is 10.4. The van der Waals surface area contributed by atoms with E-state index in [0.717, 1.165) is 0 Å². The Morgan fingerprint density at radius 1 is 1.33 bits per heavy atom. The van der Waals surface area contributed by atoms with Crippen molar-refractivity contribution >= 4 is 12.2 Å². The highest BCUT2D eigenvalue weighted by molar-refractivity contribution is 5.97. The average molecular weight is 285 g/mol. The highest BCUT2D eigenvalue weighted by Crippen LogP contribution is 2.41. The molecule has 21 heavy (non-hydrogen) atoms. The summed E-state index contributed by atoms with van der Waals surface area (Å²) < 4.78 is 5.16. The van der Waals surface area contributed by atoms with Crippen LogP contribution in [0.1, 0.15) is 26.3 Å². The minimum atomic E-state index is -0.580. The molecule has 0 heterocycles. The zero-order chi connectivity index (χ0) is 15.6. The normalized spacial score (nSPS) is 10.2. The monoisotopic (exact) mass is 285 g/mol. The number of phenols is 1. The first-order valence-corrected chi connectivity index (χ1v) is 6.25. The number of carbonyl (C=O) groups excluding carboxylic acids is 2. The Kier molecular flexibility index (Phi) is 3.93. The summed E-state index contributed by atoms with van der Waals surface area (Å²) in [5.41, 5.74) is 7.34. The van der Waals surface area contributed by atoms with Crippen LogP contribution in [0.3, 0.4) is 0 Å². The molecule has 5 heteroatoms. The molecule has 0 unspecified atom stereocenters. The van der Waals surface area contributed by atoms with Crippen molar-refractivity contribution in [3.05, 3.63) is 47.0 Å². The molecule has 0 aliphatic heterocycles. The van der Waals surface area contributed by atoms with Crippen LogP contribution in [0.2, 0.25) is 0 Å². The maximum atomic E-state index is 11.3. The smallest absolute Gasteiger partial charge is 0.248 e. The average Bonchev–Trinajstić information content (AvgIpc) is 2.47. The van der Waals surface area contributed by atoms with Crippen LogP contribution in [-0.2, 0) is 0 Å². The van der Waals surface area contributed by atoms with Crippen molar-refractivity contribution in [3.63, 3.8) is 0 Å². The Labute approximate surface area is 122 Å². The molecule has 2 aromatic carbocycles. The van der Waals surface area contributed by atoms with Gasteiger partial charge in [-0.3, -0.25) is 9.59 Å². The molecule has 0 aromatic heterocycles. The topological polar surface area (TPSA) is 89.6 Å².